The highest BCUT2D eigenvalue weighted by molar-refractivity contribution is 5.50. The van der Waals surface area contributed by atoms with Gasteiger partial charge in [-0.05, 0) is 25.5 Å². The topological polar surface area (TPSA) is 50.9 Å². The molecule has 0 saturated carbocycles. The summed E-state index contributed by atoms with van der Waals surface area (Å²) < 4.78 is 0. The van der Waals surface area contributed by atoms with E-state index in [2.05, 4.69) is 10.4 Å². The lowest BCUT2D eigenvalue weighted by molar-refractivity contribution is 1.14. The van der Waals surface area contributed by atoms with Gasteiger partial charge in [0.05, 0.1) is 5.69 Å². The highest BCUT2D eigenvalue weighted by Gasteiger charge is 1.97. The molecular weight excluding hydrogens is 126 g/mol. The first-order valence-corrected chi connectivity index (χ1v) is 3.14. The van der Waals surface area contributed by atoms with Gasteiger partial charge >= 0.3 is 0 Å². The fraction of sp³-hybridized carbons (Fsp3) is 0.286. The Morgan fingerprint density at radius 1 is 1.50 bits per heavy atom. The van der Waals surface area contributed by atoms with Crippen LogP contribution in [0.4, 0.5) is 5.69 Å². The molecule has 1 rings (SSSR count). The van der Waals surface area contributed by atoms with Crippen LogP contribution in [-0.4, -0.2) is 4.98 Å². The number of hydrogen-bond donors (Lipinski definition) is 2. The monoisotopic (exact) mass is 137 g/mol. The molecule has 1 aromatic heterocycles. The number of nitrogens with one attached hydrogen (secondary N) is 1. The molecule has 0 radical (unpaired) electrons. The van der Waals surface area contributed by atoms with Crippen LogP contribution in [0.3, 0.4) is 0 Å². The van der Waals surface area contributed by atoms with E-state index in [0.717, 1.165) is 16.9 Å². The van der Waals surface area contributed by atoms with Crippen LogP contribution in [0.1, 0.15) is 11.3 Å². The second-order valence-electron chi connectivity index (χ2n) is 2.21. The zero-order valence-electron chi connectivity index (χ0n) is 6.18. The summed E-state index contributed by atoms with van der Waals surface area (Å²) in [5, 5.41) is 0. The van der Waals surface area contributed by atoms with Gasteiger partial charge in [-0.3, -0.25) is 10.8 Å². The minimum Gasteiger partial charge on any atom is -0.324 e. The van der Waals surface area contributed by atoms with Gasteiger partial charge in [-0.2, -0.15) is 0 Å². The van der Waals surface area contributed by atoms with E-state index in [-0.39, 0.29) is 0 Å². The molecule has 0 aliphatic heterocycles. The number of rotatable bonds is 1. The van der Waals surface area contributed by atoms with Crippen molar-refractivity contribution >= 4 is 5.69 Å². The van der Waals surface area contributed by atoms with Crippen molar-refractivity contribution in [1.29, 1.82) is 0 Å². The molecule has 3 heteroatoms. The summed E-state index contributed by atoms with van der Waals surface area (Å²) in [7, 11) is 0. The molecule has 54 valence electrons. The van der Waals surface area contributed by atoms with Gasteiger partial charge in [-0.1, -0.05) is 0 Å². The molecule has 0 unspecified atom stereocenters. The van der Waals surface area contributed by atoms with E-state index in [1.54, 1.807) is 6.20 Å². The summed E-state index contributed by atoms with van der Waals surface area (Å²) in [5.41, 5.74) is 5.65. The molecular formula is C7H11N3. The summed E-state index contributed by atoms with van der Waals surface area (Å²) in [6.07, 6.45) is 1.73. The lowest BCUT2D eigenvalue weighted by atomic mass is 10.2. The van der Waals surface area contributed by atoms with Gasteiger partial charge in [0, 0.05) is 11.9 Å². The Morgan fingerprint density at radius 2 is 2.20 bits per heavy atom. The summed E-state index contributed by atoms with van der Waals surface area (Å²) >= 11 is 0. The summed E-state index contributed by atoms with van der Waals surface area (Å²) in [6.45, 7) is 3.94. The van der Waals surface area contributed by atoms with Gasteiger partial charge in [0.25, 0.3) is 0 Å². The van der Waals surface area contributed by atoms with Gasteiger partial charge in [0.15, 0.2) is 0 Å². The highest BCUT2D eigenvalue weighted by Crippen LogP contribution is 2.13. The Morgan fingerprint density at radius 3 is 2.70 bits per heavy atom. The Kier molecular flexibility index (Phi) is 1.87. The largest absolute Gasteiger partial charge is 0.324 e. The fourth-order valence-electron chi connectivity index (χ4n) is 0.797. The van der Waals surface area contributed by atoms with E-state index < -0.39 is 0 Å². The average molecular weight is 137 g/mol. The van der Waals surface area contributed by atoms with Crippen LogP contribution in [0, 0.1) is 13.8 Å². The zero-order valence-corrected chi connectivity index (χ0v) is 6.18. The Hall–Kier alpha value is -1.09. The van der Waals surface area contributed by atoms with Gasteiger partial charge in [0.2, 0.25) is 0 Å². The van der Waals surface area contributed by atoms with Crippen molar-refractivity contribution in [1.82, 2.24) is 4.98 Å². The van der Waals surface area contributed by atoms with Gasteiger partial charge < -0.3 is 5.43 Å². The number of pyridine rings is 1. The van der Waals surface area contributed by atoms with E-state index in [1.807, 2.05) is 19.9 Å². The van der Waals surface area contributed by atoms with Crippen molar-refractivity contribution in [2.45, 2.75) is 13.8 Å². The lowest BCUT2D eigenvalue weighted by Crippen LogP contribution is -2.08. The van der Waals surface area contributed by atoms with Gasteiger partial charge in [-0.15, -0.1) is 0 Å². The number of aryl methyl sites for hydroxylation is 1. The first-order valence-electron chi connectivity index (χ1n) is 3.14. The normalized spacial score (nSPS) is 9.50. The SMILES string of the molecule is Cc1nccc(NN)c1C. The molecule has 0 spiro atoms. The molecule has 3 N–H and O–H groups in total. The van der Waals surface area contributed by atoms with Crippen molar-refractivity contribution in [2.24, 2.45) is 5.84 Å². The molecule has 0 aliphatic carbocycles. The molecule has 0 atom stereocenters. The predicted molar refractivity (Wildman–Crippen MR) is 41.5 cm³/mol. The smallest absolute Gasteiger partial charge is 0.0547 e. The van der Waals surface area contributed by atoms with E-state index in [4.69, 9.17) is 5.84 Å². The quantitative estimate of drug-likeness (QED) is 0.448. The maximum Gasteiger partial charge on any atom is 0.0547 e. The molecule has 0 amide bonds. The number of aromatic nitrogens is 1. The van der Waals surface area contributed by atoms with Crippen molar-refractivity contribution in [2.75, 3.05) is 5.43 Å². The van der Waals surface area contributed by atoms with E-state index in [0.29, 0.717) is 0 Å². The van der Waals surface area contributed by atoms with Crippen LogP contribution < -0.4 is 11.3 Å². The first kappa shape index (κ1) is 7.02. The van der Waals surface area contributed by atoms with E-state index >= 15 is 0 Å². The zero-order chi connectivity index (χ0) is 7.56. The highest BCUT2D eigenvalue weighted by atomic mass is 15.2. The van der Waals surface area contributed by atoms with Crippen LogP contribution in [0.2, 0.25) is 0 Å². The molecule has 10 heavy (non-hydrogen) atoms. The van der Waals surface area contributed by atoms with Crippen molar-refractivity contribution in [3.8, 4) is 0 Å². The minimum absolute atomic E-state index is 0.938. The first-order chi connectivity index (χ1) is 4.75. The Labute approximate surface area is 60.2 Å². The molecule has 0 aromatic carbocycles. The lowest BCUT2D eigenvalue weighted by Gasteiger charge is -2.04. The third-order valence-corrected chi connectivity index (χ3v) is 1.61. The number of nitrogen functional groups attached to an aromatic ring is 1. The van der Waals surface area contributed by atoms with Crippen LogP contribution in [0.15, 0.2) is 12.3 Å². The van der Waals surface area contributed by atoms with Crippen LogP contribution >= 0.6 is 0 Å². The van der Waals surface area contributed by atoms with Crippen molar-refractivity contribution < 1.29 is 0 Å². The van der Waals surface area contributed by atoms with Crippen LogP contribution in [-0.2, 0) is 0 Å². The molecule has 1 heterocycles. The molecule has 0 saturated heterocycles. The van der Waals surface area contributed by atoms with E-state index in [1.165, 1.54) is 0 Å². The molecule has 1 aromatic rings. The predicted octanol–water partition coefficient (Wildman–Crippen LogP) is 0.984. The summed E-state index contributed by atoms with van der Waals surface area (Å²) in [4.78, 5) is 4.09. The molecule has 0 fully saturated rings. The summed E-state index contributed by atoms with van der Waals surface area (Å²) in [5.74, 6) is 5.24. The Bertz CT molecular complexity index is 232. The molecule has 0 bridgehead atoms. The van der Waals surface area contributed by atoms with Gasteiger partial charge in [0.1, 0.15) is 0 Å². The van der Waals surface area contributed by atoms with E-state index in [9.17, 15) is 0 Å². The standard InChI is InChI=1S/C7H11N3/c1-5-6(2)9-4-3-7(5)10-8/h3-4H,8H2,1-2H3,(H,9,10). The van der Waals surface area contributed by atoms with Crippen molar-refractivity contribution in [3.05, 3.63) is 23.5 Å². The molecule has 0 aliphatic rings. The minimum atomic E-state index is 0.938. The number of hydrogen-bond acceptors (Lipinski definition) is 3. The average Bonchev–Trinajstić information content (AvgIpc) is 1.95. The number of nitrogens with two attached hydrogens (primary N) is 1. The number of hydrazine groups is 1. The number of anilines is 1. The van der Waals surface area contributed by atoms with Crippen molar-refractivity contribution in [3.63, 3.8) is 0 Å². The Balaban J connectivity index is 3.14. The van der Waals surface area contributed by atoms with Crippen LogP contribution in [0.25, 0.3) is 0 Å². The maximum absolute atomic E-state index is 5.24. The maximum atomic E-state index is 5.24. The number of nitrogens with zero attached hydrogens (tertiary/aromatic N) is 1. The second kappa shape index (κ2) is 2.66. The fourth-order valence-corrected chi connectivity index (χ4v) is 0.797. The van der Waals surface area contributed by atoms with Gasteiger partial charge in [-0.25, -0.2) is 0 Å². The second-order valence-corrected chi connectivity index (χ2v) is 2.21. The molecule has 3 nitrogen and oxygen atoms in total. The third-order valence-electron chi connectivity index (χ3n) is 1.61. The van der Waals surface area contributed by atoms with Crippen LogP contribution in [0.5, 0.6) is 0 Å². The third kappa shape index (κ3) is 1.09. The summed E-state index contributed by atoms with van der Waals surface area (Å²) in [6, 6.07) is 1.85.